The molecule has 18 heavy (non-hydrogen) atoms. The molecular formula is C8H7F3N2O4S. The van der Waals surface area contributed by atoms with Crippen molar-refractivity contribution >= 4 is 28.5 Å². The van der Waals surface area contributed by atoms with Gasteiger partial charge in [0.05, 0.1) is 6.61 Å². The van der Waals surface area contributed by atoms with Crippen LogP contribution in [0.3, 0.4) is 0 Å². The van der Waals surface area contributed by atoms with E-state index in [0.29, 0.717) is 0 Å². The monoisotopic (exact) mass is 284 g/mol. The lowest BCUT2D eigenvalue weighted by atomic mass is 10.3. The van der Waals surface area contributed by atoms with Gasteiger partial charge in [-0.3, -0.25) is 5.32 Å². The van der Waals surface area contributed by atoms with E-state index in [1.165, 1.54) is 6.92 Å². The van der Waals surface area contributed by atoms with E-state index in [1.807, 2.05) is 0 Å². The van der Waals surface area contributed by atoms with E-state index in [1.54, 1.807) is 5.32 Å². The van der Waals surface area contributed by atoms with E-state index in [4.69, 9.17) is 5.11 Å². The number of thiazole rings is 1. The molecule has 0 unspecified atom stereocenters. The average Bonchev–Trinajstić information content (AvgIpc) is 2.60. The molecule has 2 N–H and O–H groups in total. The Morgan fingerprint density at radius 3 is 2.56 bits per heavy atom. The number of hydrogen-bond donors (Lipinski definition) is 2. The van der Waals surface area contributed by atoms with Crippen molar-refractivity contribution in [3.63, 3.8) is 0 Å². The molecule has 1 amide bonds. The molecule has 0 spiro atoms. The number of anilines is 1. The zero-order valence-corrected chi connectivity index (χ0v) is 9.68. The Morgan fingerprint density at radius 1 is 1.50 bits per heavy atom. The number of ether oxygens (including phenoxy) is 1. The van der Waals surface area contributed by atoms with E-state index in [2.05, 4.69) is 9.72 Å². The molecule has 0 radical (unpaired) electrons. The maximum absolute atomic E-state index is 12.6. The predicted molar refractivity (Wildman–Crippen MR) is 54.7 cm³/mol. The highest BCUT2D eigenvalue weighted by atomic mass is 32.1. The third-order valence-corrected chi connectivity index (χ3v) is 2.52. The van der Waals surface area contributed by atoms with Gasteiger partial charge in [0, 0.05) is 0 Å². The summed E-state index contributed by atoms with van der Waals surface area (Å²) in [7, 11) is 0. The molecule has 0 atom stereocenters. The van der Waals surface area contributed by atoms with Crippen molar-refractivity contribution < 1.29 is 32.6 Å². The van der Waals surface area contributed by atoms with Crippen LogP contribution in [-0.4, -0.2) is 28.8 Å². The minimum atomic E-state index is -4.86. The highest BCUT2D eigenvalue weighted by Gasteiger charge is 2.40. The lowest BCUT2D eigenvalue weighted by Crippen LogP contribution is -2.14. The Kier molecular flexibility index (Phi) is 4.11. The fourth-order valence-corrected chi connectivity index (χ4v) is 1.86. The molecule has 100 valence electrons. The molecular weight excluding hydrogens is 277 g/mol. The maximum Gasteiger partial charge on any atom is 0.435 e. The van der Waals surface area contributed by atoms with Crippen LogP contribution < -0.4 is 5.32 Å². The second-order valence-corrected chi connectivity index (χ2v) is 3.84. The quantitative estimate of drug-likeness (QED) is 0.832. The van der Waals surface area contributed by atoms with Gasteiger partial charge in [-0.25, -0.2) is 14.6 Å². The van der Waals surface area contributed by atoms with Crippen LogP contribution >= 0.6 is 11.3 Å². The molecule has 0 fully saturated rings. The Labute approximate surface area is 102 Å². The number of rotatable bonds is 3. The summed E-state index contributed by atoms with van der Waals surface area (Å²) in [5.41, 5.74) is -1.46. The summed E-state index contributed by atoms with van der Waals surface area (Å²) in [6.45, 7) is 1.33. The summed E-state index contributed by atoms with van der Waals surface area (Å²) < 4.78 is 42.1. The topological polar surface area (TPSA) is 88.5 Å². The smallest absolute Gasteiger partial charge is 0.435 e. The van der Waals surface area contributed by atoms with Crippen molar-refractivity contribution in [3.8, 4) is 0 Å². The van der Waals surface area contributed by atoms with Crippen LogP contribution in [0.25, 0.3) is 0 Å². The second kappa shape index (κ2) is 5.21. The van der Waals surface area contributed by atoms with Crippen LogP contribution in [-0.2, 0) is 10.9 Å². The number of carbonyl (C=O) groups excluding carboxylic acids is 1. The van der Waals surface area contributed by atoms with E-state index in [0.717, 1.165) is 0 Å². The molecule has 0 aliphatic heterocycles. The number of carbonyl (C=O) groups is 2. The van der Waals surface area contributed by atoms with E-state index < -0.39 is 33.9 Å². The van der Waals surface area contributed by atoms with Gasteiger partial charge < -0.3 is 9.84 Å². The molecule has 1 aromatic rings. The predicted octanol–water partition coefficient (Wildman–Crippen LogP) is 2.43. The molecule has 10 heteroatoms. The van der Waals surface area contributed by atoms with Crippen molar-refractivity contribution in [2.75, 3.05) is 11.9 Å². The molecule has 0 aromatic carbocycles. The van der Waals surface area contributed by atoms with Gasteiger partial charge in [0.1, 0.15) is 4.88 Å². The van der Waals surface area contributed by atoms with E-state index in [9.17, 15) is 22.8 Å². The number of nitrogens with one attached hydrogen (secondary N) is 1. The highest BCUT2D eigenvalue weighted by molar-refractivity contribution is 7.17. The molecule has 0 aliphatic rings. The summed E-state index contributed by atoms with van der Waals surface area (Å²) >= 11 is 0.265. The number of amides is 1. The number of carboxylic acid groups (broad SMARTS) is 1. The van der Waals surface area contributed by atoms with Gasteiger partial charge in [-0.15, -0.1) is 0 Å². The SMILES string of the molecule is CCOC(=O)c1sc(NC(=O)O)nc1C(F)(F)F. The van der Waals surface area contributed by atoms with Gasteiger partial charge in [-0.1, -0.05) is 11.3 Å². The summed E-state index contributed by atoms with van der Waals surface area (Å²) in [4.78, 5) is 23.8. The Balaban J connectivity index is 3.17. The first-order valence-electron chi connectivity index (χ1n) is 4.50. The molecule has 0 saturated heterocycles. The normalized spacial score (nSPS) is 11.1. The van der Waals surface area contributed by atoms with E-state index >= 15 is 0 Å². The number of aromatic nitrogens is 1. The van der Waals surface area contributed by atoms with Crippen molar-refractivity contribution in [2.24, 2.45) is 0 Å². The first-order valence-corrected chi connectivity index (χ1v) is 5.32. The number of hydrogen-bond acceptors (Lipinski definition) is 5. The van der Waals surface area contributed by atoms with Gasteiger partial charge in [-0.2, -0.15) is 13.2 Å². The maximum atomic E-state index is 12.6. The van der Waals surface area contributed by atoms with Gasteiger partial charge in [0.15, 0.2) is 10.8 Å². The largest absolute Gasteiger partial charge is 0.465 e. The van der Waals surface area contributed by atoms with Gasteiger partial charge in [0.2, 0.25) is 0 Å². The van der Waals surface area contributed by atoms with Gasteiger partial charge in [0.25, 0.3) is 0 Å². The van der Waals surface area contributed by atoms with Crippen LogP contribution in [0, 0.1) is 0 Å². The standard InChI is InChI=1S/C8H7F3N2O4S/c1-2-17-5(14)3-4(8(9,10)11)12-6(18-3)13-7(15)16/h2H2,1H3,(H,12,13)(H,15,16). The number of esters is 1. The molecule has 1 rings (SSSR count). The fourth-order valence-electron chi connectivity index (χ4n) is 0.992. The molecule has 1 heterocycles. The van der Waals surface area contributed by atoms with Crippen LogP contribution in [0.15, 0.2) is 0 Å². The first kappa shape index (κ1) is 14.2. The van der Waals surface area contributed by atoms with Crippen LogP contribution in [0.5, 0.6) is 0 Å². The first-order chi connectivity index (χ1) is 8.25. The van der Waals surface area contributed by atoms with Crippen LogP contribution in [0.4, 0.5) is 23.1 Å². The average molecular weight is 284 g/mol. The lowest BCUT2D eigenvalue weighted by molar-refractivity contribution is -0.141. The molecule has 0 aliphatic carbocycles. The van der Waals surface area contributed by atoms with Crippen molar-refractivity contribution in [2.45, 2.75) is 13.1 Å². The Bertz CT molecular complexity index is 471. The highest BCUT2D eigenvalue weighted by Crippen LogP contribution is 2.36. The third kappa shape index (κ3) is 3.32. The second-order valence-electron chi connectivity index (χ2n) is 2.85. The molecule has 0 saturated carbocycles. The Hall–Kier alpha value is -1.84. The lowest BCUT2D eigenvalue weighted by Gasteiger charge is -2.04. The molecule has 6 nitrogen and oxygen atoms in total. The van der Waals surface area contributed by atoms with Crippen LogP contribution in [0.2, 0.25) is 0 Å². The summed E-state index contributed by atoms with van der Waals surface area (Å²) in [6, 6.07) is 0. The van der Waals surface area contributed by atoms with Gasteiger partial charge in [-0.05, 0) is 6.92 Å². The third-order valence-electron chi connectivity index (χ3n) is 1.57. The van der Waals surface area contributed by atoms with Crippen LogP contribution in [0.1, 0.15) is 22.3 Å². The Morgan fingerprint density at radius 2 is 2.11 bits per heavy atom. The summed E-state index contributed by atoms with van der Waals surface area (Å²) in [5, 5.41) is 9.48. The number of nitrogens with zero attached hydrogens (tertiary/aromatic N) is 1. The summed E-state index contributed by atoms with van der Waals surface area (Å²) in [5.74, 6) is -1.19. The molecule has 1 aromatic heterocycles. The minimum Gasteiger partial charge on any atom is -0.465 e. The summed E-state index contributed by atoms with van der Waals surface area (Å²) in [6.07, 6.45) is -6.44. The van der Waals surface area contributed by atoms with Gasteiger partial charge >= 0.3 is 18.2 Å². The molecule has 0 bridgehead atoms. The van der Waals surface area contributed by atoms with E-state index in [-0.39, 0.29) is 17.9 Å². The minimum absolute atomic E-state index is 0.101. The fraction of sp³-hybridized carbons (Fsp3) is 0.375. The number of halogens is 3. The zero-order valence-electron chi connectivity index (χ0n) is 8.87. The number of alkyl halides is 3. The van der Waals surface area contributed by atoms with Crippen molar-refractivity contribution in [1.82, 2.24) is 4.98 Å². The zero-order chi connectivity index (χ0) is 13.9. The van der Waals surface area contributed by atoms with Crippen molar-refractivity contribution in [3.05, 3.63) is 10.6 Å². The van der Waals surface area contributed by atoms with Crippen molar-refractivity contribution in [1.29, 1.82) is 0 Å².